The van der Waals surface area contributed by atoms with Crippen LogP contribution in [0.15, 0.2) is 56.2 Å². The Bertz CT molecular complexity index is 893. The van der Waals surface area contributed by atoms with Crippen LogP contribution < -0.4 is 16.0 Å². The van der Waals surface area contributed by atoms with Crippen LogP contribution in [0.3, 0.4) is 0 Å². The van der Waals surface area contributed by atoms with E-state index in [1.54, 1.807) is 0 Å². The molecule has 12 heteroatoms. The van der Waals surface area contributed by atoms with Crippen LogP contribution in [0.1, 0.15) is 31.1 Å². The molecule has 0 bridgehead atoms. The first kappa shape index (κ1) is 29.3. The highest BCUT2D eigenvalue weighted by molar-refractivity contribution is 6.00. The minimum absolute atomic E-state index is 0.0140. The molecule has 1 rings (SSSR count). The Hall–Kier alpha value is -4.74. The van der Waals surface area contributed by atoms with Crippen molar-refractivity contribution in [1.82, 2.24) is 16.0 Å². The van der Waals surface area contributed by atoms with Gasteiger partial charge in [-0.3, -0.25) is 14.4 Å². The van der Waals surface area contributed by atoms with Gasteiger partial charge in [0.15, 0.2) is 0 Å². The lowest BCUT2D eigenvalue weighted by Crippen LogP contribution is -2.27. The third kappa shape index (κ3) is 10.9. The largest absolute Gasteiger partial charge is 0.460 e. The van der Waals surface area contributed by atoms with Gasteiger partial charge in [0, 0.05) is 0 Å². The van der Waals surface area contributed by atoms with E-state index in [1.807, 2.05) is 0 Å². The summed E-state index contributed by atoms with van der Waals surface area (Å²) in [6, 6.07) is 3.49. The number of benzene rings is 1. The molecule has 0 aliphatic rings. The van der Waals surface area contributed by atoms with Crippen molar-refractivity contribution in [2.75, 3.05) is 39.5 Å². The average Bonchev–Trinajstić information content (AvgIpc) is 2.89. The topological polar surface area (TPSA) is 166 Å². The molecule has 36 heavy (non-hydrogen) atoms. The summed E-state index contributed by atoms with van der Waals surface area (Å²) in [5, 5.41) is 7.28. The van der Waals surface area contributed by atoms with Crippen LogP contribution in [0.2, 0.25) is 0 Å². The van der Waals surface area contributed by atoms with Crippen molar-refractivity contribution in [2.45, 2.75) is 0 Å². The molecule has 192 valence electrons. The number of esters is 3. The van der Waals surface area contributed by atoms with E-state index in [0.29, 0.717) is 0 Å². The number of carbonyl (C=O) groups excluding carboxylic acids is 6. The van der Waals surface area contributed by atoms with Gasteiger partial charge in [-0.1, -0.05) is 19.7 Å². The van der Waals surface area contributed by atoms with Crippen molar-refractivity contribution >= 4 is 35.6 Å². The fraction of sp³-hybridized carbons (Fsp3) is 0.250. The standard InChI is InChI=1S/C24H27N3O9/c1-4-19(28)25-7-10-34-22(31)16-13-17(23(32)35-11-8-26-20(29)5-2)15-18(14-16)24(33)36-12-9-27-21(30)6-3/h4-6,13-15H,1-3,7-12H2,(H,25,28)(H,26,29)(H,27,30). The van der Waals surface area contributed by atoms with Gasteiger partial charge in [-0.2, -0.15) is 0 Å². The van der Waals surface area contributed by atoms with E-state index in [0.717, 1.165) is 36.4 Å². The zero-order chi connectivity index (χ0) is 26.9. The normalized spacial score (nSPS) is 9.67. The van der Waals surface area contributed by atoms with Gasteiger partial charge >= 0.3 is 17.9 Å². The second kappa shape index (κ2) is 16.0. The van der Waals surface area contributed by atoms with E-state index in [-0.39, 0.29) is 56.1 Å². The van der Waals surface area contributed by atoms with Crippen molar-refractivity contribution in [3.8, 4) is 0 Å². The fourth-order valence-corrected chi connectivity index (χ4v) is 2.40. The maximum absolute atomic E-state index is 12.5. The fourth-order valence-electron chi connectivity index (χ4n) is 2.40. The first-order valence-corrected chi connectivity index (χ1v) is 10.6. The zero-order valence-electron chi connectivity index (χ0n) is 19.5. The summed E-state index contributed by atoms with van der Waals surface area (Å²) in [6.45, 7) is 9.39. The van der Waals surface area contributed by atoms with Crippen molar-refractivity contribution in [2.24, 2.45) is 0 Å². The number of rotatable bonds is 15. The van der Waals surface area contributed by atoms with Gasteiger partial charge in [0.2, 0.25) is 17.7 Å². The van der Waals surface area contributed by atoms with E-state index in [2.05, 4.69) is 35.7 Å². The number of carbonyl (C=O) groups is 6. The van der Waals surface area contributed by atoms with Crippen molar-refractivity contribution in [1.29, 1.82) is 0 Å². The van der Waals surface area contributed by atoms with Crippen LogP contribution in [-0.2, 0) is 28.6 Å². The quantitative estimate of drug-likeness (QED) is 0.130. The summed E-state index contributed by atoms with van der Waals surface area (Å²) in [6.07, 6.45) is 3.17. The van der Waals surface area contributed by atoms with Crippen LogP contribution in [0.5, 0.6) is 0 Å². The smallest absolute Gasteiger partial charge is 0.338 e. The predicted molar refractivity (Wildman–Crippen MR) is 127 cm³/mol. The minimum Gasteiger partial charge on any atom is -0.460 e. The Labute approximate surface area is 207 Å². The number of hydrogen-bond acceptors (Lipinski definition) is 9. The summed E-state index contributed by atoms with van der Waals surface area (Å²) >= 11 is 0. The molecule has 0 saturated carbocycles. The SMILES string of the molecule is C=CC(=O)NCCOC(=O)c1cc(C(=O)OCCNC(=O)C=C)cc(C(=O)OCCNC(=O)C=C)c1. The molecule has 0 aromatic heterocycles. The number of nitrogens with one attached hydrogen (secondary N) is 3. The summed E-state index contributed by atoms with van der Waals surface area (Å²) in [5.41, 5.74) is -0.441. The van der Waals surface area contributed by atoms with Crippen molar-refractivity contribution in [3.63, 3.8) is 0 Å². The maximum Gasteiger partial charge on any atom is 0.338 e. The lowest BCUT2D eigenvalue weighted by atomic mass is 10.1. The Morgan fingerprint density at radius 1 is 0.556 bits per heavy atom. The van der Waals surface area contributed by atoms with E-state index < -0.39 is 35.6 Å². The lowest BCUT2D eigenvalue weighted by molar-refractivity contribution is -0.117. The number of amides is 3. The lowest BCUT2D eigenvalue weighted by Gasteiger charge is -2.11. The molecule has 0 spiro atoms. The Kier molecular flexibility index (Phi) is 13.0. The maximum atomic E-state index is 12.5. The van der Waals surface area contributed by atoms with Gasteiger partial charge in [-0.25, -0.2) is 14.4 Å². The van der Waals surface area contributed by atoms with Crippen LogP contribution in [-0.4, -0.2) is 75.1 Å². The third-order valence-electron chi connectivity index (χ3n) is 4.10. The van der Waals surface area contributed by atoms with Gasteiger partial charge in [-0.15, -0.1) is 0 Å². The van der Waals surface area contributed by atoms with Crippen LogP contribution in [0.25, 0.3) is 0 Å². The Morgan fingerprint density at radius 2 is 0.806 bits per heavy atom. The molecule has 3 amide bonds. The van der Waals surface area contributed by atoms with Gasteiger partial charge in [0.1, 0.15) is 19.8 Å². The van der Waals surface area contributed by atoms with Gasteiger partial charge in [0.05, 0.1) is 36.3 Å². The molecule has 1 aromatic rings. The van der Waals surface area contributed by atoms with E-state index >= 15 is 0 Å². The van der Waals surface area contributed by atoms with Gasteiger partial charge in [0.25, 0.3) is 0 Å². The molecule has 12 nitrogen and oxygen atoms in total. The monoisotopic (exact) mass is 501 g/mol. The molecular weight excluding hydrogens is 474 g/mol. The highest BCUT2D eigenvalue weighted by Crippen LogP contribution is 2.14. The van der Waals surface area contributed by atoms with Gasteiger partial charge < -0.3 is 30.2 Å². The summed E-state index contributed by atoms with van der Waals surface area (Å²) in [5.74, 6) is -3.97. The molecule has 0 aliphatic carbocycles. The second-order valence-electron chi connectivity index (χ2n) is 6.69. The van der Waals surface area contributed by atoms with E-state index in [9.17, 15) is 28.8 Å². The van der Waals surface area contributed by atoms with Crippen LogP contribution >= 0.6 is 0 Å². The first-order chi connectivity index (χ1) is 17.2. The van der Waals surface area contributed by atoms with E-state index in [1.165, 1.54) is 0 Å². The molecule has 0 radical (unpaired) electrons. The molecule has 0 saturated heterocycles. The van der Waals surface area contributed by atoms with Crippen molar-refractivity contribution < 1.29 is 43.0 Å². The van der Waals surface area contributed by atoms with Crippen LogP contribution in [0.4, 0.5) is 0 Å². The Balaban J connectivity index is 2.93. The Morgan fingerprint density at radius 3 is 1.03 bits per heavy atom. The van der Waals surface area contributed by atoms with E-state index in [4.69, 9.17) is 14.2 Å². The highest BCUT2D eigenvalue weighted by atomic mass is 16.5. The summed E-state index contributed by atoms with van der Waals surface area (Å²) in [4.78, 5) is 70.9. The number of hydrogen-bond donors (Lipinski definition) is 3. The summed E-state index contributed by atoms with van der Waals surface area (Å²) < 4.78 is 15.2. The third-order valence-corrected chi connectivity index (χ3v) is 4.10. The molecule has 0 atom stereocenters. The minimum atomic E-state index is -0.872. The molecule has 3 N–H and O–H groups in total. The summed E-state index contributed by atoms with van der Waals surface area (Å²) in [7, 11) is 0. The average molecular weight is 501 g/mol. The molecule has 0 fully saturated rings. The predicted octanol–water partition coefficient (Wildman–Crippen LogP) is 0.0636. The highest BCUT2D eigenvalue weighted by Gasteiger charge is 2.19. The van der Waals surface area contributed by atoms with Gasteiger partial charge in [-0.05, 0) is 36.4 Å². The van der Waals surface area contributed by atoms with Crippen LogP contribution in [0, 0.1) is 0 Å². The first-order valence-electron chi connectivity index (χ1n) is 10.6. The molecule has 0 heterocycles. The second-order valence-corrected chi connectivity index (χ2v) is 6.69. The molecule has 1 aromatic carbocycles. The molecule has 0 unspecified atom stereocenters. The molecule has 0 aliphatic heterocycles. The zero-order valence-corrected chi connectivity index (χ0v) is 19.5. The number of ether oxygens (including phenoxy) is 3. The van der Waals surface area contributed by atoms with Crippen molar-refractivity contribution in [3.05, 3.63) is 72.9 Å². The molecular formula is C24H27N3O9.